The van der Waals surface area contributed by atoms with Gasteiger partial charge in [-0.1, -0.05) is 0 Å². The Bertz CT molecular complexity index is 331. The lowest BCUT2D eigenvalue weighted by Crippen LogP contribution is -2.47. The Hall–Kier alpha value is -0.750. The fourth-order valence-corrected chi connectivity index (χ4v) is 3.72. The van der Waals surface area contributed by atoms with Gasteiger partial charge in [0, 0.05) is 31.1 Å². The molecule has 1 N–H and O–H groups in total. The van der Waals surface area contributed by atoms with E-state index in [0.717, 1.165) is 37.4 Å². The van der Waals surface area contributed by atoms with Crippen LogP contribution in [0.3, 0.4) is 0 Å². The number of carbonyl (C=O) groups excluding carboxylic acids is 1. The van der Waals surface area contributed by atoms with Crippen LogP contribution in [0.25, 0.3) is 0 Å². The van der Waals surface area contributed by atoms with E-state index in [1.165, 1.54) is 0 Å². The molecule has 2 fully saturated rings. The normalized spacial score (nSPS) is 27.5. The zero-order valence-electron chi connectivity index (χ0n) is 11.0. The van der Waals surface area contributed by atoms with Crippen molar-refractivity contribution in [1.29, 1.82) is 0 Å². The number of aliphatic carboxylic acids is 1. The Morgan fingerprint density at radius 1 is 1.42 bits per heavy atom. The summed E-state index contributed by atoms with van der Waals surface area (Å²) >= 11 is 1.73. The van der Waals surface area contributed by atoms with E-state index < -0.39 is 5.97 Å². The Kier molecular flexibility index (Phi) is 5.51. The molecule has 0 radical (unpaired) electrons. The highest BCUT2D eigenvalue weighted by Gasteiger charge is 2.29. The van der Waals surface area contributed by atoms with Crippen LogP contribution in [0, 0.1) is 0 Å². The average molecular weight is 287 g/mol. The number of amides is 1. The Labute approximate surface area is 117 Å². The van der Waals surface area contributed by atoms with Crippen molar-refractivity contribution in [2.75, 3.05) is 24.7 Å². The summed E-state index contributed by atoms with van der Waals surface area (Å²) in [5.41, 5.74) is 0. The number of ether oxygens (including phenoxy) is 1. The lowest BCUT2D eigenvalue weighted by molar-refractivity contribution is -0.140. The maximum Gasteiger partial charge on any atom is 0.305 e. The molecule has 2 saturated heterocycles. The van der Waals surface area contributed by atoms with E-state index in [1.807, 2.05) is 0 Å². The van der Waals surface area contributed by atoms with Gasteiger partial charge in [0.05, 0.1) is 18.6 Å². The maximum absolute atomic E-state index is 12.2. The van der Waals surface area contributed by atoms with Crippen molar-refractivity contribution in [1.82, 2.24) is 4.90 Å². The van der Waals surface area contributed by atoms with E-state index in [9.17, 15) is 9.59 Å². The van der Waals surface area contributed by atoms with Gasteiger partial charge in [0.25, 0.3) is 0 Å². The lowest BCUT2D eigenvalue weighted by atomic mass is 10.1. The topological polar surface area (TPSA) is 66.8 Å². The Morgan fingerprint density at radius 3 is 2.95 bits per heavy atom. The van der Waals surface area contributed by atoms with Gasteiger partial charge in [0.1, 0.15) is 0 Å². The molecule has 0 aromatic heterocycles. The van der Waals surface area contributed by atoms with Crippen molar-refractivity contribution < 1.29 is 19.4 Å². The minimum atomic E-state index is -0.829. The molecule has 2 aliphatic rings. The summed E-state index contributed by atoms with van der Waals surface area (Å²) in [7, 11) is 0. The minimum Gasteiger partial charge on any atom is -0.481 e. The molecule has 1 amide bonds. The molecule has 0 bridgehead atoms. The van der Waals surface area contributed by atoms with E-state index in [0.29, 0.717) is 13.0 Å². The second-order valence-corrected chi connectivity index (χ2v) is 6.24. The SMILES string of the molecule is O=C(O)CC1CSCCN1C(=O)CCC1CCCO1. The third-order valence-electron chi connectivity index (χ3n) is 3.66. The van der Waals surface area contributed by atoms with Crippen molar-refractivity contribution >= 4 is 23.6 Å². The van der Waals surface area contributed by atoms with E-state index in [1.54, 1.807) is 16.7 Å². The van der Waals surface area contributed by atoms with Crippen molar-refractivity contribution in [3.8, 4) is 0 Å². The van der Waals surface area contributed by atoms with E-state index in [-0.39, 0.29) is 24.5 Å². The number of carbonyl (C=O) groups is 2. The number of hydrogen-bond acceptors (Lipinski definition) is 4. The smallest absolute Gasteiger partial charge is 0.305 e. The van der Waals surface area contributed by atoms with Gasteiger partial charge in [-0.3, -0.25) is 9.59 Å². The molecule has 5 nitrogen and oxygen atoms in total. The summed E-state index contributed by atoms with van der Waals surface area (Å²) in [5.74, 6) is 0.895. The van der Waals surface area contributed by atoms with Crippen molar-refractivity contribution in [2.45, 2.75) is 44.2 Å². The van der Waals surface area contributed by atoms with Crippen LogP contribution in [0.2, 0.25) is 0 Å². The number of thioether (sulfide) groups is 1. The summed E-state index contributed by atoms with van der Waals surface area (Å²) in [4.78, 5) is 24.8. The van der Waals surface area contributed by atoms with Crippen LogP contribution in [0.5, 0.6) is 0 Å². The second-order valence-electron chi connectivity index (χ2n) is 5.09. The number of carboxylic acid groups (broad SMARTS) is 1. The van der Waals surface area contributed by atoms with Crippen LogP contribution in [0.15, 0.2) is 0 Å². The predicted molar refractivity (Wildman–Crippen MR) is 73.3 cm³/mol. The molecule has 2 aliphatic heterocycles. The van der Waals surface area contributed by atoms with Crippen molar-refractivity contribution in [3.05, 3.63) is 0 Å². The van der Waals surface area contributed by atoms with Gasteiger partial charge >= 0.3 is 5.97 Å². The molecule has 0 aromatic rings. The van der Waals surface area contributed by atoms with Gasteiger partial charge in [-0.15, -0.1) is 0 Å². The second kappa shape index (κ2) is 7.14. The summed E-state index contributed by atoms with van der Waals surface area (Å²) in [6.07, 6.45) is 3.65. The van der Waals surface area contributed by atoms with Gasteiger partial charge in [-0.25, -0.2) is 0 Å². The molecular weight excluding hydrogens is 266 g/mol. The van der Waals surface area contributed by atoms with Gasteiger partial charge < -0.3 is 14.7 Å². The predicted octanol–water partition coefficient (Wildman–Crippen LogP) is 1.36. The van der Waals surface area contributed by atoms with E-state index >= 15 is 0 Å². The zero-order chi connectivity index (χ0) is 13.7. The lowest BCUT2D eigenvalue weighted by Gasteiger charge is -2.35. The molecule has 108 valence electrons. The molecule has 0 aliphatic carbocycles. The van der Waals surface area contributed by atoms with E-state index in [2.05, 4.69) is 0 Å². The highest BCUT2D eigenvalue weighted by Crippen LogP contribution is 2.22. The molecule has 0 spiro atoms. The third kappa shape index (κ3) is 4.38. The van der Waals surface area contributed by atoms with Crippen LogP contribution in [-0.2, 0) is 14.3 Å². The molecule has 2 rings (SSSR count). The monoisotopic (exact) mass is 287 g/mol. The number of rotatable bonds is 5. The molecule has 2 atom stereocenters. The summed E-state index contributed by atoms with van der Waals surface area (Å²) in [5, 5.41) is 8.90. The van der Waals surface area contributed by atoms with Crippen LogP contribution < -0.4 is 0 Å². The first kappa shape index (κ1) is 14.7. The Balaban J connectivity index is 1.82. The first-order valence-corrected chi connectivity index (χ1v) is 8.03. The van der Waals surface area contributed by atoms with Gasteiger partial charge in [0.15, 0.2) is 0 Å². The van der Waals surface area contributed by atoms with E-state index in [4.69, 9.17) is 9.84 Å². The first-order chi connectivity index (χ1) is 9.16. The number of hydrogen-bond donors (Lipinski definition) is 1. The summed E-state index contributed by atoms with van der Waals surface area (Å²) < 4.78 is 5.51. The standard InChI is InChI=1S/C13H21NO4S/c15-12(4-3-11-2-1-6-18-11)14-5-7-19-9-10(14)8-13(16)17/h10-11H,1-9H2,(H,16,17). The summed E-state index contributed by atoms with van der Waals surface area (Å²) in [6, 6.07) is -0.145. The molecule has 19 heavy (non-hydrogen) atoms. The quantitative estimate of drug-likeness (QED) is 0.827. The molecule has 0 saturated carbocycles. The zero-order valence-corrected chi connectivity index (χ0v) is 11.9. The van der Waals surface area contributed by atoms with Crippen molar-refractivity contribution in [2.24, 2.45) is 0 Å². The maximum atomic E-state index is 12.2. The summed E-state index contributed by atoms with van der Waals surface area (Å²) in [6.45, 7) is 1.48. The minimum absolute atomic E-state index is 0.0542. The number of nitrogens with zero attached hydrogens (tertiary/aromatic N) is 1. The largest absolute Gasteiger partial charge is 0.481 e. The molecule has 6 heteroatoms. The highest BCUT2D eigenvalue weighted by molar-refractivity contribution is 7.99. The molecule has 0 aromatic carbocycles. The highest BCUT2D eigenvalue weighted by atomic mass is 32.2. The van der Waals surface area contributed by atoms with Crippen LogP contribution in [0.1, 0.15) is 32.1 Å². The van der Waals surface area contributed by atoms with Crippen LogP contribution in [0.4, 0.5) is 0 Å². The fourth-order valence-electron chi connectivity index (χ4n) is 2.65. The fraction of sp³-hybridized carbons (Fsp3) is 0.846. The van der Waals surface area contributed by atoms with Crippen LogP contribution in [-0.4, -0.2) is 58.7 Å². The number of carboxylic acids is 1. The third-order valence-corrected chi connectivity index (χ3v) is 4.75. The molecular formula is C13H21NO4S. The molecule has 2 unspecified atom stereocenters. The van der Waals surface area contributed by atoms with Gasteiger partial charge in [-0.05, 0) is 19.3 Å². The van der Waals surface area contributed by atoms with Gasteiger partial charge in [0.2, 0.25) is 5.91 Å². The van der Waals surface area contributed by atoms with Gasteiger partial charge in [-0.2, -0.15) is 11.8 Å². The van der Waals surface area contributed by atoms with Crippen LogP contribution >= 0.6 is 11.8 Å². The average Bonchev–Trinajstić information content (AvgIpc) is 2.89. The van der Waals surface area contributed by atoms with Crippen molar-refractivity contribution in [3.63, 3.8) is 0 Å². The first-order valence-electron chi connectivity index (χ1n) is 6.87. The molecule has 2 heterocycles. The Morgan fingerprint density at radius 2 is 2.26 bits per heavy atom.